The third-order valence-corrected chi connectivity index (χ3v) is 7.04. The number of nitriles is 1. The number of anilines is 1. The van der Waals surface area contributed by atoms with Crippen LogP contribution in [-0.2, 0) is 14.8 Å². The van der Waals surface area contributed by atoms with Gasteiger partial charge in [0, 0.05) is 24.2 Å². The molecule has 0 atom stereocenters. The molecule has 0 saturated carbocycles. The average molecular weight is 423 g/mol. The number of ether oxygens (including phenoxy) is 1. The van der Waals surface area contributed by atoms with Crippen LogP contribution in [0.15, 0.2) is 53.4 Å². The molecule has 0 aliphatic carbocycles. The van der Waals surface area contributed by atoms with Crippen LogP contribution in [0.4, 0.5) is 5.69 Å². The Morgan fingerprint density at radius 2 is 1.80 bits per heavy atom. The van der Waals surface area contributed by atoms with Crippen LogP contribution in [0.5, 0.6) is 0 Å². The first-order valence-electron chi connectivity index (χ1n) is 9.64. The molecule has 1 fully saturated rings. The van der Waals surface area contributed by atoms with Gasteiger partial charge in [0.05, 0.1) is 29.7 Å². The van der Waals surface area contributed by atoms with Crippen molar-refractivity contribution in [2.45, 2.75) is 18.2 Å². The van der Waals surface area contributed by atoms with Crippen molar-refractivity contribution in [1.29, 1.82) is 5.26 Å². The number of ketones is 1. The number of benzene rings is 2. The van der Waals surface area contributed by atoms with Crippen molar-refractivity contribution in [1.82, 2.24) is 3.97 Å². The van der Waals surface area contributed by atoms with Gasteiger partial charge in [-0.2, -0.15) is 5.26 Å². The Morgan fingerprint density at radius 1 is 1.10 bits per heavy atom. The first-order valence-corrected chi connectivity index (χ1v) is 11.1. The number of hydrogen-bond donors (Lipinski definition) is 0. The number of fused-ring (bicyclic) bond motifs is 1. The Bertz CT molecular complexity index is 1250. The van der Waals surface area contributed by atoms with Gasteiger partial charge in [-0.3, -0.25) is 4.79 Å². The van der Waals surface area contributed by atoms with E-state index in [-0.39, 0.29) is 10.6 Å². The minimum atomic E-state index is -4.04. The molecular weight excluding hydrogens is 402 g/mol. The molecule has 2 aromatic carbocycles. The summed E-state index contributed by atoms with van der Waals surface area (Å²) in [6.45, 7) is 4.26. The second-order valence-electron chi connectivity index (χ2n) is 7.08. The van der Waals surface area contributed by atoms with Gasteiger partial charge in [0.15, 0.2) is 5.78 Å². The maximum atomic E-state index is 13.6. The fourth-order valence-corrected chi connectivity index (χ4v) is 5.57. The number of hydrogen-bond acceptors (Lipinski definition) is 6. The molecule has 3 aromatic rings. The van der Waals surface area contributed by atoms with Crippen LogP contribution in [0.1, 0.15) is 22.5 Å². The second kappa shape index (κ2) is 7.94. The van der Waals surface area contributed by atoms with Gasteiger partial charge in [-0.1, -0.05) is 24.3 Å². The molecule has 0 spiro atoms. The van der Waals surface area contributed by atoms with Crippen LogP contribution >= 0.6 is 0 Å². The smallest absolute Gasteiger partial charge is 0.268 e. The molecule has 4 rings (SSSR count). The normalized spacial score (nSPS) is 14.6. The van der Waals surface area contributed by atoms with Crippen LogP contribution in [-0.4, -0.2) is 44.5 Å². The molecule has 30 heavy (non-hydrogen) atoms. The molecule has 1 aliphatic rings. The lowest BCUT2D eigenvalue weighted by molar-refractivity contribution is 0.0991. The first kappa shape index (κ1) is 20.1. The third-order valence-electron chi connectivity index (χ3n) is 5.31. The average Bonchev–Trinajstić information content (AvgIpc) is 3.08. The molecule has 0 unspecified atom stereocenters. The quantitative estimate of drug-likeness (QED) is 0.586. The molecule has 2 heterocycles. The number of carbonyl (C=O) groups is 1. The topological polar surface area (TPSA) is 92.4 Å². The Morgan fingerprint density at radius 3 is 2.47 bits per heavy atom. The predicted octanol–water partition coefficient (Wildman–Crippen LogP) is 3.12. The molecule has 8 heteroatoms. The lowest BCUT2D eigenvalue weighted by Gasteiger charge is -2.29. The zero-order chi connectivity index (χ0) is 21.3. The van der Waals surface area contributed by atoms with E-state index in [0.717, 1.165) is 9.66 Å². The number of Topliss-reactive ketones (excluding diaryl/α,β-unsaturated/α-hetero) is 1. The van der Waals surface area contributed by atoms with E-state index in [0.29, 0.717) is 42.8 Å². The predicted molar refractivity (Wildman–Crippen MR) is 113 cm³/mol. The fourth-order valence-electron chi connectivity index (χ4n) is 3.97. The highest BCUT2D eigenvalue weighted by Gasteiger charge is 2.30. The standard InChI is InChI=1S/C22H21N3O4S/c1-16-21-18(24-12-14-29-15-13-24)8-5-9-19(21)25(22(16)20(26)10-11-23)30(27,28)17-6-3-2-4-7-17/h2-9H,10,12-15H2,1H3. The van der Waals surface area contributed by atoms with E-state index in [2.05, 4.69) is 4.90 Å². The molecule has 1 aromatic heterocycles. The number of rotatable bonds is 5. The zero-order valence-corrected chi connectivity index (χ0v) is 17.4. The monoisotopic (exact) mass is 423 g/mol. The van der Waals surface area contributed by atoms with Crippen molar-refractivity contribution in [2.24, 2.45) is 0 Å². The van der Waals surface area contributed by atoms with Crippen LogP contribution in [0.3, 0.4) is 0 Å². The molecule has 0 radical (unpaired) electrons. The number of carbonyl (C=O) groups excluding carboxylic acids is 1. The summed E-state index contributed by atoms with van der Waals surface area (Å²) in [7, 11) is -4.04. The maximum absolute atomic E-state index is 13.6. The van der Waals surface area contributed by atoms with E-state index in [1.54, 1.807) is 37.3 Å². The van der Waals surface area contributed by atoms with Gasteiger partial charge in [-0.15, -0.1) is 0 Å². The summed E-state index contributed by atoms with van der Waals surface area (Å²) in [6.07, 6.45) is -0.394. The molecule has 0 bridgehead atoms. The molecule has 1 saturated heterocycles. The molecule has 1 aliphatic heterocycles. The number of nitrogens with zero attached hydrogens (tertiary/aromatic N) is 3. The summed E-state index contributed by atoms with van der Waals surface area (Å²) in [5.74, 6) is -0.515. The van der Waals surface area contributed by atoms with Gasteiger partial charge in [0.25, 0.3) is 10.0 Å². The Kier molecular flexibility index (Phi) is 5.33. The van der Waals surface area contributed by atoms with E-state index in [4.69, 9.17) is 10.00 Å². The van der Waals surface area contributed by atoms with Crippen molar-refractivity contribution in [2.75, 3.05) is 31.2 Å². The minimum Gasteiger partial charge on any atom is -0.378 e. The molecular formula is C22H21N3O4S. The van der Waals surface area contributed by atoms with E-state index < -0.39 is 22.2 Å². The van der Waals surface area contributed by atoms with E-state index in [1.807, 2.05) is 12.1 Å². The van der Waals surface area contributed by atoms with Gasteiger partial charge < -0.3 is 9.64 Å². The minimum absolute atomic E-state index is 0.0381. The zero-order valence-electron chi connectivity index (χ0n) is 16.5. The van der Waals surface area contributed by atoms with Crippen molar-refractivity contribution < 1.29 is 17.9 Å². The molecule has 154 valence electrons. The first-order chi connectivity index (χ1) is 14.5. The van der Waals surface area contributed by atoms with Crippen molar-refractivity contribution in [3.05, 3.63) is 59.8 Å². The Balaban J connectivity index is 2.05. The van der Waals surface area contributed by atoms with Crippen molar-refractivity contribution in [3.63, 3.8) is 0 Å². The summed E-state index contributed by atoms with van der Waals surface area (Å²) in [6, 6.07) is 15.3. The highest BCUT2D eigenvalue weighted by molar-refractivity contribution is 7.90. The van der Waals surface area contributed by atoms with Crippen molar-refractivity contribution in [3.8, 4) is 6.07 Å². The number of aromatic nitrogens is 1. The summed E-state index contributed by atoms with van der Waals surface area (Å²) in [4.78, 5) is 15.1. The fraction of sp³-hybridized carbons (Fsp3) is 0.273. The highest BCUT2D eigenvalue weighted by atomic mass is 32.2. The Labute approximate surface area is 175 Å². The summed E-state index contributed by atoms with van der Waals surface area (Å²) in [5, 5.41) is 9.79. The van der Waals surface area contributed by atoms with Crippen LogP contribution in [0.2, 0.25) is 0 Å². The van der Waals surface area contributed by atoms with Gasteiger partial charge in [0.2, 0.25) is 0 Å². The van der Waals surface area contributed by atoms with Gasteiger partial charge in [-0.05, 0) is 36.8 Å². The van der Waals surface area contributed by atoms with Gasteiger partial charge >= 0.3 is 0 Å². The Hall–Kier alpha value is -3.15. The largest absolute Gasteiger partial charge is 0.378 e. The lowest BCUT2D eigenvalue weighted by Crippen LogP contribution is -2.36. The van der Waals surface area contributed by atoms with E-state index in [1.165, 1.54) is 12.1 Å². The highest BCUT2D eigenvalue weighted by Crippen LogP contribution is 2.37. The maximum Gasteiger partial charge on any atom is 0.268 e. The number of morpholine rings is 1. The van der Waals surface area contributed by atoms with E-state index >= 15 is 0 Å². The van der Waals surface area contributed by atoms with E-state index in [9.17, 15) is 13.2 Å². The van der Waals surface area contributed by atoms with Crippen LogP contribution in [0.25, 0.3) is 10.9 Å². The molecule has 0 N–H and O–H groups in total. The summed E-state index contributed by atoms with van der Waals surface area (Å²) >= 11 is 0. The summed E-state index contributed by atoms with van der Waals surface area (Å²) < 4.78 is 33.7. The van der Waals surface area contributed by atoms with Crippen LogP contribution < -0.4 is 4.90 Å². The number of aryl methyl sites for hydroxylation is 1. The molecule has 7 nitrogen and oxygen atoms in total. The second-order valence-corrected chi connectivity index (χ2v) is 8.87. The molecule has 0 amide bonds. The third kappa shape index (κ3) is 3.26. The summed E-state index contributed by atoms with van der Waals surface area (Å²) in [5.41, 5.74) is 1.89. The lowest BCUT2D eigenvalue weighted by atomic mass is 10.1. The SMILES string of the molecule is Cc1c(C(=O)CC#N)n(S(=O)(=O)c2ccccc2)c2cccc(N3CCOCC3)c12. The van der Waals surface area contributed by atoms with Gasteiger partial charge in [-0.25, -0.2) is 12.4 Å². The van der Waals surface area contributed by atoms with Crippen LogP contribution in [0, 0.1) is 18.3 Å². The van der Waals surface area contributed by atoms with Crippen molar-refractivity contribution >= 4 is 32.4 Å². The van der Waals surface area contributed by atoms with Gasteiger partial charge in [0.1, 0.15) is 12.1 Å².